The van der Waals surface area contributed by atoms with Crippen molar-refractivity contribution < 1.29 is 28.5 Å². The van der Waals surface area contributed by atoms with E-state index >= 15 is 4.39 Å². The second-order valence-electron chi connectivity index (χ2n) is 8.94. The molecule has 180 valence electrons. The fraction of sp³-hybridized carbons (Fsp3) is 0.391. The lowest BCUT2D eigenvalue weighted by Crippen LogP contribution is -2.50. The average molecular weight is 473 g/mol. The van der Waals surface area contributed by atoms with Gasteiger partial charge in [0.25, 0.3) is 0 Å². The number of benzene rings is 1. The van der Waals surface area contributed by atoms with Crippen LogP contribution in [0.15, 0.2) is 24.4 Å². The lowest BCUT2D eigenvalue weighted by Gasteiger charge is -2.36. The van der Waals surface area contributed by atoms with Gasteiger partial charge in [-0.2, -0.15) is 0 Å². The number of fused-ring (bicyclic) bond motifs is 1. The minimum Gasteiger partial charge on any atom is -0.444 e. The first kappa shape index (κ1) is 23.6. The highest BCUT2D eigenvalue weighted by Gasteiger charge is 2.28. The van der Waals surface area contributed by atoms with Crippen molar-refractivity contribution in [2.24, 2.45) is 0 Å². The number of piperazine rings is 1. The highest BCUT2D eigenvalue weighted by molar-refractivity contribution is 5.92. The third kappa shape index (κ3) is 4.56. The van der Waals surface area contributed by atoms with Crippen molar-refractivity contribution >= 4 is 22.8 Å². The maximum absolute atomic E-state index is 15.6. The molecule has 3 heterocycles. The minimum atomic E-state index is -0.861. The molecule has 1 saturated heterocycles. The Labute approximate surface area is 194 Å². The van der Waals surface area contributed by atoms with Crippen LogP contribution in [0, 0.1) is 18.6 Å². The van der Waals surface area contributed by atoms with E-state index in [2.05, 4.69) is 19.8 Å². The molecule has 3 aromatic rings. The summed E-state index contributed by atoms with van der Waals surface area (Å²) in [7, 11) is 0. The van der Waals surface area contributed by atoms with E-state index in [1.165, 1.54) is 18.3 Å². The third-order valence-electron chi connectivity index (χ3n) is 5.32. The van der Waals surface area contributed by atoms with Crippen molar-refractivity contribution in [2.45, 2.75) is 33.3 Å². The van der Waals surface area contributed by atoms with Crippen molar-refractivity contribution in [3.8, 4) is 17.0 Å². The smallest absolute Gasteiger partial charge is 0.410 e. The molecule has 1 N–H and O–H groups in total. The van der Waals surface area contributed by atoms with Crippen molar-refractivity contribution in [1.29, 1.82) is 0 Å². The number of rotatable bonds is 3. The summed E-state index contributed by atoms with van der Waals surface area (Å²) >= 11 is 0. The van der Waals surface area contributed by atoms with Crippen molar-refractivity contribution in [2.75, 3.05) is 31.1 Å². The number of aromatic nitrogens is 3. The minimum absolute atomic E-state index is 0.0331. The molecule has 0 unspecified atom stereocenters. The Kier molecular flexibility index (Phi) is 6.22. The average Bonchev–Trinajstić information content (AvgIpc) is 2.78. The van der Waals surface area contributed by atoms with Crippen LogP contribution < -0.4 is 9.79 Å². The van der Waals surface area contributed by atoms with Crippen LogP contribution in [-0.4, -0.2) is 63.0 Å². The molecule has 1 aliphatic rings. The van der Waals surface area contributed by atoms with Gasteiger partial charge in [0.15, 0.2) is 11.6 Å². The lowest BCUT2D eigenvalue weighted by molar-refractivity contribution is -0.137. The first-order valence-corrected chi connectivity index (χ1v) is 10.7. The van der Waals surface area contributed by atoms with E-state index in [4.69, 9.17) is 9.99 Å². The van der Waals surface area contributed by atoms with Gasteiger partial charge in [-0.15, -0.1) is 0 Å². The van der Waals surface area contributed by atoms with Crippen molar-refractivity contribution in [3.05, 3.63) is 41.9 Å². The number of nitrogens with zero attached hydrogens (tertiary/aromatic N) is 5. The van der Waals surface area contributed by atoms with Crippen molar-refractivity contribution in [1.82, 2.24) is 19.9 Å². The molecular weight excluding hydrogens is 448 g/mol. The molecule has 0 aliphatic carbocycles. The Hall–Kier alpha value is -3.60. The van der Waals surface area contributed by atoms with E-state index in [0.29, 0.717) is 43.2 Å². The topological polar surface area (TPSA) is 101 Å². The molecule has 9 nitrogen and oxygen atoms in total. The predicted molar refractivity (Wildman–Crippen MR) is 121 cm³/mol. The molecule has 1 aromatic carbocycles. The fourth-order valence-electron chi connectivity index (χ4n) is 3.80. The summed E-state index contributed by atoms with van der Waals surface area (Å²) in [6.07, 6.45) is 0.983. The van der Waals surface area contributed by atoms with E-state index in [0.717, 1.165) is 6.07 Å². The molecular formula is C23H25F2N5O4. The van der Waals surface area contributed by atoms with Gasteiger partial charge >= 0.3 is 6.09 Å². The van der Waals surface area contributed by atoms with Crippen LogP contribution in [0.2, 0.25) is 0 Å². The monoisotopic (exact) mass is 473 g/mol. The molecule has 0 radical (unpaired) electrons. The summed E-state index contributed by atoms with van der Waals surface area (Å²) in [6.45, 7) is 8.76. The van der Waals surface area contributed by atoms with Gasteiger partial charge in [-0.05, 0) is 39.8 Å². The van der Waals surface area contributed by atoms with E-state index in [-0.39, 0.29) is 28.6 Å². The molecule has 34 heavy (non-hydrogen) atoms. The maximum Gasteiger partial charge on any atom is 0.410 e. The van der Waals surface area contributed by atoms with Crippen LogP contribution in [0.25, 0.3) is 22.2 Å². The largest absolute Gasteiger partial charge is 0.444 e. The Morgan fingerprint density at radius 3 is 2.47 bits per heavy atom. The zero-order valence-corrected chi connectivity index (χ0v) is 19.3. The van der Waals surface area contributed by atoms with Gasteiger partial charge in [0.2, 0.25) is 0 Å². The third-order valence-corrected chi connectivity index (χ3v) is 5.32. The summed E-state index contributed by atoms with van der Waals surface area (Å²) in [4.78, 5) is 32.9. The second-order valence-corrected chi connectivity index (χ2v) is 8.94. The van der Waals surface area contributed by atoms with Gasteiger partial charge in [-0.25, -0.2) is 28.8 Å². The van der Waals surface area contributed by atoms with Crippen molar-refractivity contribution in [3.63, 3.8) is 0 Å². The normalized spacial score (nSPS) is 14.4. The summed E-state index contributed by atoms with van der Waals surface area (Å²) in [5.41, 5.74) is -1.27. The van der Waals surface area contributed by atoms with Crippen LogP contribution in [0.5, 0.6) is 5.75 Å². The first-order valence-electron chi connectivity index (χ1n) is 10.7. The van der Waals surface area contributed by atoms with Gasteiger partial charge in [-0.1, -0.05) is 6.07 Å². The zero-order valence-electron chi connectivity index (χ0n) is 19.3. The van der Waals surface area contributed by atoms with E-state index in [9.17, 15) is 9.18 Å². The number of carbonyl (C=O) groups excluding carboxylic acids is 1. The number of amides is 1. The van der Waals surface area contributed by atoms with Crippen LogP contribution >= 0.6 is 0 Å². The van der Waals surface area contributed by atoms with Gasteiger partial charge in [0.05, 0.1) is 10.9 Å². The molecule has 1 amide bonds. The summed E-state index contributed by atoms with van der Waals surface area (Å²) in [6, 6.07) is 3.74. The Bertz CT molecular complexity index is 1240. The number of carbonyl (C=O) groups is 1. The molecule has 4 rings (SSSR count). The molecule has 2 aromatic heterocycles. The number of aryl methyl sites for hydroxylation is 1. The van der Waals surface area contributed by atoms with Gasteiger partial charge in [-0.3, -0.25) is 4.98 Å². The Morgan fingerprint density at radius 2 is 1.82 bits per heavy atom. The van der Waals surface area contributed by atoms with Crippen LogP contribution in [0.3, 0.4) is 0 Å². The summed E-state index contributed by atoms with van der Waals surface area (Å²) < 4.78 is 35.5. The Morgan fingerprint density at radius 1 is 1.12 bits per heavy atom. The number of pyridine rings is 1. The van der Waals surface area contributed by atoms with E-state index < -0.39 is 17.2 Å². The van der Waals surface area contributed by atoms with Gasteiger partial charge < -0.3 is 19.4 Å². The molecule has 1 fully saturated rings. The molecule has 11 heteroatoms. The Balaban J connectivity index is 1.68. The fourth-order valence-corrected chi connectivity index (χ4v) is 3.80. The second kappa shape index (κ2) is 8.98. The zero-order chi connectivity index (χ0) is 24.6. The van der Waals surface area contributed by atoms with Gasteiger partial charge in [0.1, 0.15) is 34.3 Å². The number of ether oxygens (including phenoxy) is 1. The van der Waals surface area contributed by atoms with Crippen LogP contribution in [0.1, 0.15) is 26.6 Å². The summed E-state index contributed by atoms with van der Waals surface area (Å²) in [5.74, 6) is -1.15. The van der Waals surface area contributed by atoms with Crippen LogP contribution in [-0.2, 0) is 4.74 Å². The summed E-state index contributed by atoms with van der Waals surface area (Å²) in [5, 5.41) is 9.45. The number of anilines is 1. The number of halogens is 2. The standard InChI is InChI=1S/C23H25F2N5O4/c1-13-27-19-14(12-26-20(18(19)25)17-15(24)6-5-7-16(17)34-32)21(28-13)29-8-10-30(11-9-29)22(31)33-23(2,3)4/h5-7,12,32H,8-11H2,1-4H3. The SMILES string of the molecule is Cc1nc(N2CCN(C(=O)OC(C)(C)C)CC2)c2cnc(-c3c(F)cccc3OO)c(F)c2n1. The predicted octanol–water partition coefficient (Wildman–Crippen LogP) is 4.19. The number of hydrogen-bond donors (Lipinski definition) is 1. The highest BCUT2D eigenvalue weighted by atomic mass is 19.1. The van der Waals surface area contributed by atoms with Crippen LogP contribution in [0.4, 0.5) is 19.4 Å². The lowest BCUT2D eigenvalue weighted by atomic mass is 10.1. The molecule has 0 spiro atoms. The highest BCUT2D eigenvalue weighted by Crippen LogP contribution is 2.36. The molecule has 1 aliphatic heterocycles. The van der Waals surface area contributed by atoms with Gasteiger partial charge in [0, 0.05) is 32.4 Å². The quantitative estimate of drug-likeness (QED) is 0.447. The van der Waals surface area contributed by atoms with E-state index in [1.807, 2.05) is 25.7 Å². The maximum atomic E-state index is 15.6. The molecule has 0 atom stereocenters. The van der Waals surface area contributed by atoms with E-state index in [1.54, 1.807) is 11.8 Å². The number of hydrogen-bond acceptors (Lipinski definition) is 8. The first-order chi connectivity index (χ1) is 16.1. The molecule has 0 bridgehead atoms. The molecule has 0 saturated carbocycles.